The van der Waals surface area contributed by atoms with Gasteiger partial charge in [0.1, 0.15) is 6.61 Å². The van der Waals surface area contributed by atoms with E-state index in [2.05, 4.69) is 5.32 Å². The van der Waals surface area contributed by atoms with Crippen molar-refractivity contribution in [2.75, 3.05) is 19.7 Å². The van der Waals surface area contributed by atoms with Gasteiger partial charge in [-0.05, 0) is 24.2 Å². The van der Waals surface area contributed by atoms with Crippen molar-refractivity contribution in [2.24, 2.45) is 0 Å². The molecule has 5 heteroatoms. The molecule has 1 unspecified atom stereocenters. The minimum atomic E-state index is -2.46. The van der Waals surface area contributed by atoms with Crippen molar-refractivity contribution in [1.29, 1.82) is 0 Å². The Balaban J connectivity index is 2.67. The molecule has 0 saturated heterocycles. The second-order valence-electron chi connectivity index (χ2n) is 3.58. The van der Waals surface area contributed by atoms with Gasteiger partial charge in [0, 0.05) is 11.6 Å². The van der Waals surface area contributed by atoms with Crippen molar-refractivity contribution in [3.8, 4) is 0 Å². The molecule has 1 atom stereocenters. The van der Waals surface area contributed by atoms with E-state index in [0.717, 1.165) is 12.1 Å². The van der Waals surface area contributed by atoms with Crippen LogP contribution in [0.15, 0.2) is 24.3 Å². The van der Waals surface area contributed by atoms with Crippen LogP contribution >= 0.6 is 11.6 Å². The molecule has 0 heterocycles. The molecule has 0 saturated carbocycles. The van der Waals surface area contributed by atoms with Crippen LogP contribution in [-0.2, 0) is 4.74 Å². The van der Waals surface area contributed by atoms with Crippen LogP contribution in [0.4, 0.5) is 8.78 Å². The normalized spacial score (nSPS) is 13.0. The molecule has 0 aliphatic heterocycles. The maximum absolute atomic E-state index is 12.1. The van der Waals surface area contributed by atoms with Crippen molar-refractivity contribution in [3.05, 3.63) is 34.9 Å². The molecule has 0 amide bonds. The molecule has 2 nitrogen and oxygen atoms in total. The Kier molecular flexibility index (Phi) is 6.40. The number of likely N-dealkylation sites (N-methyl/N-ethyl adjacent to an activating group) is 1. The smallest absolute Gasteiger partial charge is 0.261 e. The van der Waals surface area contributed by atoms with Crippen molar-refractivity contribution < 1.29 is 13.5 Å². The van der Waals surface area contributed by atoms with Crippen molar-refractivity contribution >= 4 is 11.6 Å². The molecular formula is C12H16ClF2NO. The van der Waals surface area contributed by atoms with Gasteiger partial charge in [-0.25, -0.2) is 8.78 Å². The number of alkyl halides is 2. The Hall–Kier alpha value is -0.710. The number of nitrogens with one attached hydrogen (secondary N) is 1. The highest BCUT2D eigenvalue weighted by Crippen LogP contribution is 2.21. The van der Waals surface area contributed by atoms with Crippen molar-refractivity contribution in [2.45, 2.75) is 19.5 Å². The summed E-state index contributed by atoms with van der Waals surface area (Å²) in [6, 6.07) is 7.07. The van der Waals surface area contributed by atoms with E-state index in [-0.39, 0.29) is 0 Å². The largest absolute Gasteiger partial charge is 0.366 e. The summed E-state index contributed by atoms with van der Waals surface area (Å²) in [5, 5.41) is 3.65. The standard InChI is InChI=1S/C12H16ClF2NO/c1-2-16-7-11(17-8-12(14)15)9-4-3-5-10(13)6-9/h3-6,11-12,16H,2,7-8H2,1H3. The van der Waals surface area contributed by atoms with E-state index in [0.29, 0.717) is 11.6 Å². The van der Waals surface area contributed by atoms with Gasteiger partial charge in [-0.3, -0.25) is 0 Å². The fourth-order valence-corrected chi connectivity index (χ4v) is 1.64. The molecule has 96 valence electrons. The van der Waals surface area contributed by atoms with Crippen LogP contribution in [-0.4, -0.2) is 26.1 Å². The number of hydrogen-bond acceptors (Lipinski definition) is 2. The summed E-state index contributed by atoms with van der Waals surface area (Å²) in [6.45, 7) is 2.63. The van der Waals surface area contributed by atoms with Crippen molar-refractivity contribution in [1.82, 2.24) is 5.32 Å². The zero-order valence-corrected chi connectivity index (χ0v) is 10.4. The highest BCUT2D eigenvalue weighted by Gasteiger charge is 2.14. The van der Waals surface area contributed by atoms with Gasteiger partial charge in [0.2, 0.25) is 0 Å². The Morgan fingerprint density at radius 3 is 2.76 bits per heavy atom. The SMILES string of the molecule is CCNCC(OCC(F)F)c1cccc(Cl)c1. The zero-order chi connectivity index (χ0) is 12.7. The predicted octanol–water partition coefficient (Wildman–Crippen LogP) is 3.27. The fourth-order valence-electron chi connectivity index (χ4n) is 1.44. The zero-order valence-electron chi connectivity index (χ0n) is 9.63. The van der Waals surface area contributed by atoms with Crippen LogP contribution in [0.5, 0.6) is 0 Å². The van der Waals surface area contributed by atoms with Crippen LogP contribution < -0.4 is 5.32 Å². The molecule has 1 N–H and O–H groups in total. The third kappa shape index (κ3) is 5.44. The van der Waals surface area contributed by atoms with Gasteiger partial charge in [-0.2, -0.15) is 0 Å². The second-order valence-corrected chi connectivity index (χ2v) is 4.01. The summed E-state index contributed by atoms with van der Waals surface area (Å²) in [7, 11) is 0. The Morgan fingerprint density at radius 2 is 2.18 bits per heavy atom. The first-order chi connectivity index (χ1) is 8.13. The van der Waals surface area contributed by atoms with E-state index >= 15 is 0 Å². The van der Waals surface area contributed by atoms with Gasteiger partial charge in [-0.1, -0.05) is 30.7 Å². The lowest BCUT2D eigenvalue weighted by atomic mass is 10.1. The van der Waals surface area contributed by atoms with E-state index in [1.807, 2.05) is 13.0 Å². The molecule has 0 aromatic heterocycles. The van der Waals surface area contributed by atoms with Gasteiger partial charge in [0.15, 0.2) is 0 Å². The van der Waals surface area contributed by atoms with E-state index in [4.69, 9.17) is 16.3 Å². The van der Waals surface area contributed by atoms with Gasteiger partial charge >= 0.3 is 0 Å². The molecule has 1 aromatic carbocycles. The number of ether oxygens (including phenoxy) is 1. The molecular weight excluding hydrogens is 248 g/mol. The number of rotatable bonds is 7. The van der Waals surface area contributed by atoms with E-state index in [1.54, 1.807) is 18.2 Å². The lowest BCUT2D eigenvalue weighted by Gasteiger charge is -2.18. The van der Waals surface area contributed by atoms with Crippen LogP contribution in [0.1, 0.15) is 18.6 Å². The lowest BCUT2D eigenvalue weighted by molar-refractivity contribution is -0.0244. The summed E-state index contributed by atoms with van der Waals surface area (Å²) in [6.07, 6.45) is -2.86. The first-order valence-corrected chi connectivity index (χ1v) is 5.87. The quantitative estimate of drug-likeness (QED) is 0.815. The van der Waals surface area contributed by atoms with E-state index < -0.39 is 19.1 Å². The molecule has 1 rings (SSSR count). The van der Waals surface area contributed by atoms with Gasteiger partial charge in [0.25, 0.3) is 6.43 Å². The minimum Gasteiger partial charge on any atom is -0.366 e. The first kappa shape index (κ1) is 14.4. The third-order valence-corrected chi connectivity index (χ3v) is 2.46. The highest BCUT2D eigenvalue weighted by molar-refractivity contribution is 6.30. The van der Waals surface area contributed by atoms with E-state index in [1.165, 1.54) is 0 Å². The number of benzene rings is 1. The summed E-state index contributed by atoms with van der Waals surface area (Å²) in [4.78, 5) is 0. The average Bonchev–Trinajstić information content (AvgIpc) is 2.29. The molecule has 0 fully saturated rings. The van der Waals surface area contributed by atoms with E-state index in [9.17, 15) is 8.78 Å². The lowest BCUT2D eigenvalue weighted by Crippen LogP contribution is -2.24. The Labute approximate surface area is 105 Å². The summed E-state index contributed by atoms with van der Waals surface area (Å²) >= 11 is 5.86. The Bertz CT molecular complexity index is 336. The summed E-state index contributed by atoms with van der Waals surface area (Å²) in [5.41, 5.74) is 0.805. The fraction of sp³-hybridized carbons (Fsp3) is 0.500. The van der Waals surface area contributed by atoms with Crippen molar-refractivity contribution in [3.63, 3.8) is 0 Å². The third-order valence-electron chi connectivity index (χ3n) is 2.22. The van der Waals surface area contributed by atoms with Gasteiger partial charge in [0.05, 0.1) is 6.10 Å². The maximum atomic E-state index is 12.1. The van der Waals surface area contributed by atoms with Gasteiger partial charge in [-0.15, -0.1) is 0 Å². The highest BCUT2D eigenvalue weighted by atomic mass is 35.5. The Morgan fingerprint density at radius 1 is 1.41 bits per heavy atom. The summed E-state index contributed by atoms with van der Waals surface area (Å²) < 4.78 is 29.5. The molecule has 0 aliphatic rings. The molecule has 0 radical (unpaired) electrons. The number of halogens is 3. The average molecular weight is 264 g/mol. The van der Waals surface area contributed by atoms with Gasteiger partial charge < -0.3 is 10.1 Å². The predicted molar refractivity (Wildman–Crippen MR) is 64.7 cm³/mol. The first-order valence-electron chi connectivity index (χ1n) is 5.49. The van der Waals surface area contributed by atoms with Crippen LogP contribution in [0.3, 0.4) is 0 Å². The topological polar surface area (TPSA) is 21.3 Å². The summed E-state index contributed by atoms with van der Waals surface area (Å²) in [5.74, 6) is 0. The molecule has 0 spiro atoms. The molecule has 1 aromatic rings. The maximum Gasteiger partial charge on any atom is 0.261 e. The minimum absolute atomic E-state index is 0.400. The number of hydrogen-bond donors (Lipinski definition) is 1. The second kappa shape index (κ2) is 7.58. The molecule has 17 heavy (non-hydrogen) atoms. The monoisotopic (exact) mass is 263 g/mol. The van der Waals surface area contributed by atoms with Crippen LogP contribution in [0.2, 0.25) is 5.02 Å². The van der Waals surface area contributed by atoms with Crippen LogP contribution in [0, 0.1) is 0 Å². The molecule has 0 bridgehead atoms. The van der Waals surface area contributed by atoms with Crippen LogP contribution in [0.25, 0.3) is 0 Å². The molecule has 0 aliphatic carbocycles.